The number of halogens is 1. The van der Waals surface area contributed by atoms with E-state index in [2.05, 4.69) is 5.32 Å². The van der Waals surface area contributed by atoms with Crippen molar-refractivity contribution in [3.05, 3.63) is 59.4 Å². The number of amides is 1. The Labute approximate surface area is 171 Å². The molecule has 8 heteroatoms. The lowest BCUT2D eigenvalue weighted by Crippen LogP contribution is -2.40. The summed E-state index contributed by atoms with van der Waals surface area (Å²) in [6.45, 7) is 7.77. The Balaban J connectivity index is 2.47. The fourth-order valence-corrected chi connectivity index (χ4v) is 3.59. The second-order valence-electron chi connectivity index (χ2n) is 7.71. The second kappa shape index (κ2) is 8.82. The minimum atomic E-state index is -3.67. The first-order valence-electron chi connectivity index (χ1n) is 9.22. The summed E-state index contributed by atoms with van der Waals surface area (Å²) in [5.74, 6) is -0.247. The Bertz CT molecular complexity index is 967. The molecule has 0 saturated carbocycles. The molecule has 158 valence electrons. The first kappa shape index (κ1) is 22.7. The average molecular weight is 423 g/mol. The summed E-state index contributed by atoms with van der Waals surface area (Å²) in [7, 11) is -3.67. The van der Waals surface area contributed by atoms with Gasteiger partial charge in [0.25, 0.3) is 5.91 Å². The summed E-state index contributed by atoms with van der Waals surface area (Å²) < 4.78 is 44.9. The van der Waals surface area contributed by atoms with E-state index in [4.69, 9.17) is 4.74 Å². The first-order chi connectivity index (χ1) is 13.4. The van der Waals surface area contributed by atoms with E-state index in [-0.39, 0.29) is 12.5 Å². The number of anilines is 1. The highest BCUT2D eigenvalue weighted by atomic mass is 32.2. The summed E-state index contributed by atoms with van der Waals surface area (Å²) in [6.07, 6.45) is 1.08. The van der Waals surface area contributed by atoms with Crippen LogP contribution in [0.15, 0.2) is 42.5 Å². The molecule has 0 aliphatic carbocycles. The van der Waals surface area contributed by atoms with Crippen LogP contribution in [-0.4, -0.2) is 32.7 Å². The third-order valence-corrected chi connectivity index (χ3v) is 5.08. The molecule has 29 heavy (non-hydrogen) atoms. The number of ether oxygens (including phenoxy) is 1. The number of hydrogen-bond donors (Lipinski definition) is 1. The topological polar surface area (TPSA) is 75.7 Å². The van der Waals surface area contributed by atoms with Crippen molar-refractivity contribution in [3.8, 4) is 5.75 Å². The lowest BCUT2D eigenvalue weighted by molar-refractivity contribution is 0.0919. The maximum Gasteiger partial charge on any atom is 0.251 e. The SMILES string of the molecule is CCOc1ccc(C(=O)NC(C)(C)C)cc1CN(c1ccc(F)cc1)S(C)(=O)=O. The largest absolute Gasteiger partial charge is 0.494 e. The number of benzene rings is 2. The number of sulfonamides is 1. The van der Waals surface area contributed by atoms with Gasteiger partial charge in [0.1, 0.15) is 11.6 Å². The van der Waals surface area contributed by atoms with Gasteiger partial charge in [-0.3, -0.25) is 9.10 Å². The van der Waals surface area contributed by atoms with Crippen LogP contribution < -0.4 is 14.4 Å². The highest BCUT2D eigenvalue weighted by molar-refractivity contribution is 7.92. The predicted molar refractivity (Wildman–Crippen MR) is 112 cm³/mol. The molecular formula is C21H27FN2O4S. The van der Waals surface area contributed by atoms with E-state index in [1.807, 2.05) is 27.7 Å². The van der Waals surface area contributed by atoms with Crippen molar-refractivity contribution in [1.82, 2.24) is 5.32 Å². The number of nitrogens with zero attached hydrogens (tertiary/aromatic N) is 1. The van der Waals surface area contributed by atoms with Gasteiger partial charge in [-0.25, -0.2) is 12.8 Å². The molecule has 0 atom stereocenters. The minimum absolute atomic E-state index is 0.0591. The molecule has 1 N–H and O–H groups in total. The number of nitrogens with one attached hydrogen (secondary N) is 1. The lowest BCUT2D eigenvalue weighted by atomic mass is 10.1. The summed E-state index contributed by atoms with van der Waals surface area (Å²) in [5, 5.41) is 2.88. The van der Waals surface area contributed by atoms with Crippen molar-refractivity contribution in [2.75, 3.05) is 17.2 Å². The summed E-state index contributed by atoms with van der Waals surface area (Å²) in [6, 6.07) is 10.1. The van der Waals surface area contributed by atoms with Crippen LogP contribution in [0.25, 0.3) is 0 Å². The quantitative estimate of drug-likeness (QED) is 0.738. The fourth-order valence-electron chi connectivity index (χ4n) is 2.72. The maximum atomic E-state index is 13.3. The van der Waals surface area contributed by atoms with E-state index in [0.29, 0.717) is 29.2 Å². The van der Waals surface area contributed by atoms with Crippen LogP contribution >= 0.6 is 0 Å². The van der Waals surface area contributed by atoms with E-state index in [1.54, 1.807) is 18.2 Å². The summed E-state index contributed by atoms with van der Waals surface area (Å²) >= 11 is 0. The standard InChI is InChI=1S/C21H27FN2O4S/c1-6-28-19-12-7-15(20(25)23-21(2,3)4)13-16(19)14-24(29(5,26)27)18-10-8-17(22)9-11-18/h7-13H,6,14H2,1-5H3,(H,23,25). The Hall–Kier alpha value is -2.61. The van der Waals surface area contributed by atoms with Crippen molar-refractivity contribution in [3.63, 3.8) is 0 Å². The van der Waals surface area contributed by atoms with Gasteiger partial charge in [-0.05, 0) is 70.2 Å². The Morgan fingerprint density at radius 2 is 1.76 bits per heavy atom. The zero-order valence-corrected chi connectivity index (χ0v) is 18.1. The predicted octanol–water partition coefficient (Wildman–Crippen LogP) is 3.72. The molecule has 2 aromatic rings. The van der Waals surface area contributed by atoms with E-state index in [0.717, 1.165) is 10.6 Å². The Kier molecular flexibility index (Phi) is 6.89. The Morgan fingerprint density at radius 3 is 2.28 bits per heavy atom. The highest BCUT2D eigenvalue weighted by Gasteiger charge is 2.22. The fraction of sp³-hybridized carbons (Fsp3) is 0.381. The average Bonchev–Trinajstić information content (AvgIpc) is 2.59. The molecule has 0 aromatic heterocycles. The van der Waals surface area contributed by atoms with Crippen molar-refractivity contribution < 1.29 is 22.3 Å². The van der Waals surface area contributed by atoms with Gasteiger partial charge in [0, 0.05) is 16.7 Å². The third-order valence-electron chi connectivity index (χ3n) is 3.94. The van der Waals surface area contributed by atoms with Gasteiger partial charge in [0.15, 0.2) is 0 Å². The minimum Gasteiger partial charge on any atom is -0.494 e. The van der Waals surface area contributed by atoms with Gasteiger partial charge in [0.2, 0.25) is 10.0 Å². The molecule has 0 unspecified atom stereocenters. The van der Waals surface area contributed by atoms with E-state index in [1.165, 1.54) is 24.3 Å². The second-order valence-corrected chi connectivity index (χ2v) is 9.61. The molecule has 0 aliphatic heterocycles. The van der Waals surface area contributed by atoms with Crippen LogP contribution in [0, 0.1) is 5.82 Å². The highest BCUT2D eigenvalue weighted by Crippen LogP contribution is 2.27. The molecule has 2 aromatic carbocycles. The number of hydrogen-bond acceptors (Lipinski definition) is 4. The molecule has 1 amide bonds. The van der Waals surface area contributed by atoms with Crippen LogP contribution in [-0.2, 0) is 16.6 Å². The molecule has 0 radical (unpaired) electrons. The van der Waals surface area contributed by atoms with Crippen molar-refractivity contribution in [2.45, 2.75) is 39.8 Å². The first-order valence-corrected chi connectivity index (χ1v) is 11.1. The van der Waals surface area contributed by atoms with E-state index >= 15 is 0 Å². The van der Waals surface area contributed by atoms with Crippen LogP contribution in [0.1, 0.15) is 43.6 Å². The lowest BCUT2D eigenvalue weighted by Gasteiger charge is -2.24. The molecule has 0 saturated heterocycles. The van der Waals surface area contributed by atoms with Crippen molar-refractivity contribution >= 4 is 21.6 Å². The van der Waals surface area contributed by atoms with Gasteiger partial charge >= 0.3 is 0 Å². The molecule has 0 heterocycles. The van der Waals surface area contributed by atoms with Gasteiger partial charge in [-0.15, -0.1) is 0 Å². The van der Waals surface area contributed by atoms with Crippen molar-refractivity contribution in [2.24, 2.45) is 0 Å². The normalized spacial score (nSPS) is 11.8. The van der Waals surface area contributed by atoms with Gasteiger partial charge in [-0.2, -0.15) is 0 Å². The van der Waals surface area contributed by atoms with Crippen LogP contribution in [0.3, 0.4) is 0 Å². The Morgan fingerprint density at radius 1 is 1.14 bits per heavy atom. The molecule has 2 rings (SSSR count). The molecule has 0 fully saturated rings. The van der Waals surface area contributed by atoms with E-state index in [9.17, 15) is 17.6 Å². The monoisotopic (exact) mass is 422 g/mol. The molecule has 0 bridgehead atoms. The summed E-state index contributed by atoms with van der Waals surface area (Å²) in [4.78, 5) is 12.5. The van der Waals surface area contributed by atoms with E-state index < -0.39 is 21.4 Å². The zero-order valence-electron chi connectivity index (χ0n) is 17.3. The van der Waals surface area contributed by atoms with Gasteiger partial charge in [-0.1, -0.05) is 0 Å². The van der Waals surface area contributed by atoms with Crippen molar-refractivity contribution in [1.29, 1.82) is 0 Å². The van der Waals surface area contributed by atoms with Gasteiger partial charge in [0.05, 0.1) is 25.1 Å². The number of carbonyl (C=O) groups excluding carboxylic acids is 1. The summed E-state index contributed by atoms with van der Waals surface area (Å²) in [5.41, 5.74) is 0.831. The zero-order chi connectivity index (χ0) is 21.8. The van der Waals surface area contributed by atoms with Gasteiger partial charge < -0.3 is 10.1 Å². The number of rotatable bonds is 7. The smallest absolute Gasteiger partial charge is 0.251 e. The maximum absolute atomic E-state index is 13.3. The van der Waals surface area contributed by atoms with Crippen LogP contribution in [0.5, 0.6) is 5.75 Å². The number of carbonyl (C=O) groups is 1. The molecular weight excluding hydrogens is 395 g/mol. The third kappa shape index (κ3) is 6.45. The molecule has 0 spiro atoms. The molecule has 0 aliphatic rings. The van der Waals surface area contributed by atoms with Crippen LogP contribution in [0.2, 0.25) is 0 Å². The van der Waals surface area contributed by atoms with Crippen LogP contribution in [0.4, 0.5) is 10.1 Å². The molecule has 6 nitrogen and oxygen atoms in total.